The van der Waals surface area contributed by atoms with Crippen LogP contribution in [0, 0.1) is 34.0 Å². The number of hydrogen-bond acceptors (Lipinski definition) is 7. The molecule has 36 heavy (non-hydrogen) atoms. The van der Waals surface area contributed by atoms with E-state index in [4.69, 9.17) is 4.74 Å². The van der Waals surface area contributed by atoms with Crippen LogP contribution in [0.3, 0.4) is 0 Å². The third-order valence-electron chi connectivity index (χ3n) is 9.87. The van der Waals surface area contributed by atoms with Crippen LogP contribution in [0.25, 0.3) is 0 Å². The Labute approximate surface area is 209 Å². The van der Waals surface area contributed by atoms with Gasteiger partial charge in [0.05, 0.1) is 11.5 Å². The molecule has 0 aromatic rings. The molecule has 0 aromatic carbocycles. The number of rotatable bonds is 3. The van der Waals surface area contributed by atoms with Crippen molar-refractivity contribution in [3.8, 4) is 0 Å². The Balaban J connectivity index is 1.54. The molecule has 2 N–H and O–H groups in total. The highest BCUT2D eigenvalue weighted by Gasteiger charge is 2.78. The van der Waals surface area contributed by atoms with Gasteiger partial charge in [0.25, 0.3) is 0 Å². The molecule has 4 aliphatic carbocycles. The largest absolute Gasteiger partial charge is 0.457 e. The van der Waals surface area contributed by atoms with E-state index < -0.39 is 81.6 Å². The van der Waals surface area contributed by atoms with Gasteiger partial charge in [-0.15, -0.1) is 0 Å². The fourth-order valence-corrected chi connectivity index (χ4v) is 7.98. The van der Waals surface area contributed by atoms with Crippen molar-refractivity contribution in [1.82, 2.24) is 5.43 Å². The van der Waals surface area contributed by atoms with Crippen molar-refractivity contribution in [2.75, 3.05) is 6.61 Å². The lowest BCUT2D eigenvalue weighted by molar-refractivity contribution is -0.206. The van der Waals surface area contributed by atoms with E-state index in [0.717, 1.165) is 6.08 Å². The second-order valence-corrected chi connectivity index (χ2v) is 12.6. The molecule has 0 saturated heterocycles. The summed E-state index contributed by atoms with van der Waals surface area (Å²) in [7, 11) is 0. The molecular weight excluding hydrogens is 470 g/mol. The molecule has 1 heterocycles. The third kappa shape index (κ3) is 2.92. The smallest absolute Gasteiger partial charge is 0.311 e. The lowest BCUT2D eigenvalue weighted by Gasteiger charge is -2.63. The van der Waals surface area contributed by atoms with E-state index in [0.29, 0.717) is 6.42 Å². The molecule has 0 radical (unpaired) electrons. The van der Waals surface area contributed by atoms with Crippen molar-refractivity contribution < 1.29 is 33.0 Å². The van der Waals surface area contributed by atoms with E-state index in [1.54, 1.807) is 33.9 Å². The number of nitrogens with zero attached hydrogens (tertiary/aromatic N) is 1. The summed E-state index contributed by atoms with van der Waals surface area (Å²) in [5.41, 5.74) is -3.74. The maximum absolute atomic E-state index is 17.3. The third-order valence-corrected chi connectivity index (χ3v) is 9.87. The van der Waals surface area contributed by atoms with E-state index in [2.05, 4.69) is 10.5 Å². The summed E-state index contributed by atoms with van der Waals surface area (Å²) in [6.07, 6.45) is 2.47. The molecule has 1 aliphatic heterocycles. The Bertz CT molecular complexity index is 1130. The van der Waals surface area contributed by atoms with Gasteiger partial charge in [0.2, 0.25) is 0 Å². The van der Waals surface area contributed by atoms with Crippen molar-refractivity contribution in [1.29, 1.82) is 0 Å². The molecule has 9 unspecified atom stereocenters. The first-order valence-electron chi connectivity index (χ1n) is 12.6. The normalized spacial score (nSPS) is 46.7. The fourth-order valence-electron chi connectivity index (χ4n) is 7.98. The number of carbonyl (C=O) groups excluding carboxylic acids is 3. The van der Waals surface area contributed by atoms with Gasteiger partial charge in [-0.25, -0.2) is 8.78 Å². The first-order valence-corrected chi connectivity index (χ1v) is 12.6. The van der Waals surface area contributed by atoms with Crippen molar-refractivity contribution in [2.45, 2.75) is 77.4 Å². The van der Waals surface area contributed by atoms with Crippen LogP contribution in [-0.4, -0.2) is 58.9 Å². The molecule has 0 bridgehead atoms. The van der Waals surface area contributed by atoms with Gasteiger partial charge in [0.1, 0.15) is 11.7 Å². The van der Waals surface area contributed by atoms with Gasteiger partial charge in [-0.05, 0) is 70.6 Å². The standard InChI is InChI=1S/C27H34F2N2O5/c1-23(2,3)22(35)36-13-21(34)27-14(12-30-31-27)8-16-17-10-19(28)18-9-15(32)6-7-24(18,4)26(17,29)20(33)11-25(16,27)5/h6-7,9,12,14,16-17,19-20,31,33H,8,10-11,13H2,1-5H3. The predicted octanol–water partition coefficient (Wildman–Crippen LogP) is 3.02. The lowest BCUT2D eigenvalue weighted by Crippen LogP contribution is -2.72. The quantitative estimate of drug-likeness (QED) is 0.573. The lowest BCUT2D eigenvalue weighted by atomic mass is 9.44. The van der Waals surface area contributed by atoms with Crippen LogP contribution in [0.4, 0.5) is 8.78 Å². The highest BCUT2D eigenvalue weighted by molar-refractivity contribution is 6.01. The summed E-state index contributed by atoms with van der Waals surface area (Å²) in [5.74, 6) is -3.09. The number of aliphatic hydroxyl groups is 1. The summed E-state index contributed by atoms with van der Waals surface area (Å²) in [5, 5.41) is 15.6. The second kappa shape index (κ2) is 7.55. The van der Waals surface area contributed by atoms with Crippen LogP contribution in [0.2, 0.25) is 0 Å². The SMILES string of the molecule is CC(C)(C)C(=O)OCC(=O)C12NN=CC1CC1C3CC(F)C4=CC(=O)C=CC4(C)C3(F)C(O)CC12C. The monoisotopic (exact) mass is 504 g/mol. The average Bonchev–Trinajstić information content (AvgIpc) is 3.32. The number of nitrogens with one attached hydrogen (secondary N) is 1. The summed E-state index contributed by atoms with van der Waals surface area (Å²) < 4.78 is 38.2. The van der Waals surface area contributed by atoms with Gasteiger partial charge in [-0.2, -0.15) is 5.10 Å². The van der Waals surface area contributed by atoms with E-state index in [9.17, 15) is 19.5 Å². The number of ketones is 2. The van der Waals surface area contributed by atoms with Crippen LogP contribution in [0.15, 0.2) is 28.9 Å². The predicted molar refractivity (Wildman–Crippen MR) is 127 cm³/mol. The number of fused-ring (bicyclic) bond motifs is 7. The zero-order valence-electron chi connectivity index (χ0n) is 21.3. The number of allylic oxidation sites excluding steroid dienone is 4. The van der Waals surface area contributed by atoms with Crippen molar-refractivity contribution in [3.05, 3.63) is 23.8 Å². The second-order valence-electron chi connectivity index (χ2n) is 12.6. The van der Waals surface area contributed by atoms with Gasteiger partial charge in [-0.1, -0.05) is 13.0 Å². The molecule has 9 heteroatoms. The van der Waals surface area contributed by atoms with Crippen molar-refractivity contribution in [3.63, 3.8) is 0 Å². The van der Waals surface area contributed by atoms with Crippen molar-refractivity contribution >= 4 is 23.8 Å². The molecule has 7 nitrogen and oxygen atoms in total. The Morgan fingerprint density at radius 3 is 2.61 bits per heavy atom. The summed E-state index contributed by atoms with van der Waals surface area (Å²) >= 11 is 0. The summed E-state index contributed by atoms with van der Waals surface area (Å²) in [6, 6.07) is 0. The Kier molecular flexibility index (Phi) is 5.30. The summed E-state index contributed by atoms with van der Waals surface area (Å²) in [4.78, 5) is 38.1. The Morgan fingerprint density at radius 2 is 1.94 bits per heavy atom. The average molecular weight is 505 g/mol. The van der Waals surface area contributed by atoms with E-state index in [1.807, 2.05) is 6.92 Å². The first kappa shape index (κ1) is 25.2. The molecule has 3 saturated carbocycles. The minimum atomic E-state index is -2.22. The van der Waals surface area contributed by atoms with Gasteiger partial charge >= 0.3 is 5.97 Å². The summed E-state index contributed by atoms with van der Waals surface area (Å²) in [6.45, 7) is 7.97. The minimum absolute atomic E-state index is 0.0640. The Morgan fingerprint density at radius 1 is 1.25 bits per heavy atom. The maximum atomic E-state index is 17.3. The first-order chi connectivity index (χ1) is 16.6. The minimum Gasteiger partial charge on any atom is -0.457 e. The zero-order valence-corrected chi connectivity index (χ0v) is 21.3. The maximum Gasteiger partial charge on any atom is 0.311 e. The molecule has 3 fully saturated rings. The van der Waals surface area contributed by atoms with Crippen LogP contribution in [0.5, 0.6) is 0 Å². The Hall–Kier alpha value is -2.42. The van der Waals surface area contributed by atoms with E-state index in [1.165, 1.54) is 12.2 Å². The molecule has 0 amide bonds. The van der Waals surface area contributed by atoms with Crippen LogP contribution >= 0.6 is 0 Å². The van der Waals surface area contributed by atoms with E-state index in [-0.39, 0.29) is 18.4 Å². The van der Waals surface area contributed by atoms with Gasteiger partial charge in [0, 0.05) is 28.9 Å². The number of esters is 1. The number of halogens is 2. The molecule has 5 aliphatic rings. The number of hydrazone groups is 1. The molecule has 0 aromatic heterocycles. The molecule has 196 valence electrons. The molecule has 9 atom stereocenters. The van der Waals surface area contributed by atoms with Crippen LogP contribution < -0.4 is 5.43 Å². The fraction of sp³-hybridized carbons (Fsp3) is 0.704. The topological polar surface area (TPSA) is 105 Å². The molecule has 5 rings (SSSR count). The van der Waals surface area contributed by atoms with Crippen molar-refractivity contribution in [2.24, 2.45) is 39.1 Å². The van der Waals surface area contributed by atoms with Gasteiger partial charge in [0.15, 0.2) is 23.8 Å². The van der Waals surface area contributed by atoms with Gasteiger partial charge in [-0.3, -0.25) is 19.8 Å². The number of ether oxygens (including phenoxy) is 1. The number of alkyl halides is 2. The molecular formula is C27H34F2N2O5. The highest BCUT2D eigenvalue weighted by atomic mass is 19.1. The highest BCUT2D eigenvalue weighted by Crippen LogP contribution is 2.71. The number of aliphatic hydroxyl groups excluding tert-OH is 1. The number of Topliss-reactive ketones (excluding diaryl/α,β-unsaturated/α-hetero) is 1. The van der Waals surface area contributed by atoms with E-state index >= 15 is 8.78 Å². The number of carbonyl (C=O) groups is 3. The van der Waals surface area contributed by atoms with Crippen LogP contribution in [-0.2, 0) is 19.1 Å². The van der Waals surface area contributed by atoms with Gasteiger partial charge < -0.3 is 9.84 Å². The molecule has 0 spiro atoms. The van der Waals surface area contributed by atoms with Crippen LogP contribution in [0.1, 0.15) is 53.9 Å². The number of hydrogen-bond donors (Lipinski definition) is 2. The zero-order chi connectivity index (χ0) is 26.5.